The van der Waals surface area contributed by atoms with Gasteiger partial charge >= 0.3 is 0 Å². The van der Waals surface area contributed by atoms with E-state index in [4.69, 9.17) is 0 Å². The molecule has 0 bridgehead atoms. The van der Waals surface area contributed by atoms with Crippen LogP contribution >= 0.6 is 0 Å². The summed E-state index contributed by atoms with van der Waals surface area (Å²) < 4.78 is 0. The first-order valence-corrected chi connectivity index (χ1v) is 17.4. The molecular formula is C37H37N17. The topological polar surface area (TPSA) is 220 Å². The van der Waals surface area contributed by atoms with Gasteiger partial charge in [0.05, 0.1) is 17.4 Å². The number of aromatic amines is 2. The highest BCUT2D eigenvalue weighted by Crippen LogP contribution is 2.25. The SMILES string of the molecule is CC(C)Nc1nc(Nc2ccc(CC(C)Nc3nc(Nc4ccccc4)nc(Nc4cccc5n[nH]nc45)n3)cc2)nc(Nc2ccc3[nH]ncc3c2)n1. The largest absolute Gasteiger partial charge is 0.352 e. The average Bonchev–Trinajstić information content (AvgIpc) is 3.83. The van der Waals surface area contributed by atoms with Crippen LogP contribution in [0, 0.1) is 0 Å². The van der Waals surface area contributed by atoms with Gasteiger partial charge in [0.1, 0.15) is 11.0 Å². The average molecular weight is 720 g/mol. The Balaban J connectivity index is 0.958. The summed E-state index contributed by atoms with van der Waals surface area (Å²) in [6, 6.07) is 29.5. The molecule has 0 amide bonds. The molecule has 4 aromatic carbocycles. The fourth-order valence-corrected chi connectivity index (χ4v) is 5.73. The molecule has 8 aromatic rings. The Hall–Kier alpha value is -7.43. The lowest BCUT2D eigenvalue weighted by molar-refractivity contribution is 0.776. The Labute approximate surface area is 309 Å². The predicted molar refractivity (Wildman–Crippen MR) is 211 cm³/mol. The lowest BCUT2D eigenvalue weighted by atomic mass is 10.1. The number of benzene rings is 4. The van der Waals surface area contributed by atoms with Gasteiger partial charge in [-0.05, 0) is 87.4 Å². The smallest absolute Gasteiger partial charge is 0.233 e. The zero-order valence-corrected chi connectivity index (χ0v) is 29.6. The molecule has 17 nitrogen and oxygen atoms in total. The Morgan fingerprint density at radius 2 is 1.20 bits per heavy atom. The summed E-state index contributed by atoms with van der Waals surface area (Å²) in [5.74, 6) is 2.43. The van der Waals surface area contributed by atoms with E-state index in [1.165, 1.54) is 0 Å². The van der Waals surface area contributed by atoms with Crippen molar-refractivity contribution in [3.8, 4) is 0 Å². The van der Waals surface area contributed by atoms with E-state index in [1.807, 2.05) is 92.7 Å². The fourth-order valence-electron chi connectivity index (χ4n) is 5.73. The van der Waals surface area contributed by atoms with Crippen LogP contribution in [0.5, 0.6) is 0 Å². The van der Waals surface area contributed by atoms with Crippen molar-refractivity contribution in [3.05, 3.63) is 103 Å². The van der Waals surface area contributed by atoms with Gasteiger partial charge in [-0.3, -0.25) is 5.10 Å². The molecule has 8 rings (SSSR count). The van der Waals surface area contributed by atoms with Gasteiger partial charge in [-0.25, -0.2) is 0 Å². The zero-order valence-electron chi connectivity index (χ0n) is 29.6. The second kappa shape index (κ2) is 15.0. The maximum atomic E-state index is 4.69. The molecule has 0 aliphatic rings. The summed E-state index contributed by atoms with van der Waals surface area (Å²) in [7, 11) is 0. The van der Waals surface area contributed by atoms with E-state index in [0.29, 0.717) is 47.6 Å². The van der Waals surface area contributed by atoms with Gasteiger partial charge in [0, 0.05) is 34.5 Å². The monoisotopic (exact) mass is 719 g/mol. The number of rotatable bonds is 14. The third kappa shape index (κ3) is 8.20. The number of hydrogen-bond acceptors (Lipinski definition) is 15. The number of fused-ring (bicyclic) bond motifs is 2. The first-order valence-electron chi connectivity index (χ1n) is 17.4. The van der Waals surface area contributed by atoms with Crippen molar-refractivity contribution in [1.29, 1.82) is 0 Å². The maximum Gasteiger partial charge on any atom is 0.233 e. The second-order valence-corrected chi connectivity index (χ2v) is 12.9. The molecule has 0 radical (unpaired) electrons. The molecular weight excluding hydrogens is 683 g/mol. The van der Waals surface area contributed by atoms with Crippen LogP contribution in [0.15, 0.2) is 97.2 Å². The minimum Gasteiger partial charge on any atom is -0.352 e. The minimum absolute atomic E-state index is 0.0225. The number of nitrogens with zero attached hydrogens (tertiary/aromatic N) is 9. The van der Waals surface area contributed by atoms with Gasteiger partial charge in [-0.15, -0.1) is 0 Å². The van der Waals surface area contributed by atoms with E-state index in [-0.39, 0.29) is 12.1 Å². The molecule has 0 saturated heterocycles. The minimum atomic E-state index is -0.0225. The quantitative estimate of drug-likeness (QED) is 0.0565. The van der Waals surface area contributed by atoms with E-state index >= 15 is 0 Å². The summed E-state index contributed by atoms with van der Waals surface area (Å²) in [4.78, 5) is 27.8. The van der Waals surface area contributed by atoms with Gasteiger partial charge in [0.2, 0.25) is 35.7 Å². The van der Waals surface area contributed by atoms with E-state index in [9.17, 15) is 0 Å². The normalized spacial score (nSPS) is 11.8. The molecule has 4 aromatic heterocycles. The number of anilines is 10. The van der Waals surface area contributed by atoms with Gasteiger partial charge in [0.15, 0.2) is 0 Å². The van der Waals surface area contributed by atoms with Crippen LogP contribution in [-0.2, 0) is 6.42 Å². The van der Waals surface area contributed by atoms with Crippen molar-refractivity contribution in [3.63, 3.8) is 0 Å². The van der Waals surface area contributed by atoms with Crippen LogP contribution in [0.25, 0.3) is 21.9 Å². The summed E-state index contributed by atoms with van der Waals surface area (Å²) in [5.41, 5.74) is 6.71. The van der Waals surface area contributed by atoms with Crippen LogP contribution in [0.1, 0.15) is 26.3 Å². The summed E-state index contributed by atoms with van der Waals surface area (Å²) in [6.45, 7) is 6.14. The number of hydrogen-bond donors (Lipinski definition) is 8. The molecule has 8 N–H and O–H groups in total. The number of nitrogens with one attached hydrogen (secondary N) is 8. The highest BCUT2D eigenvalue weighted by atomic mass is 15.3. The zero-order chi connectivity index (χ0) is 36.9. The number of aromatic nitrogens is 11. The predicted octanol–water partition coefficient (Wildman–Crippen LogP) is 7.04. The Morgan fingerprint density at radius 3 is 1.93 bits per heavy atom. The Morgan fingerprint density at radius 1 is 0.574 bits per heavy atom. The second-order valence-electron chi connectivity index (χ2n) is 12.9. The Bertz CT molecular complexity index is 2500. The molecule has 54 heavy (non-hydrogen) atoms. The molecule has 0 aliphatic carbocycles. The van der Waals surface area contributed by atoms with E-state index < -0.39 is 0 Å². The lowest BCUT2D eigenvalue weighted by Gasteiger charge is -2.16. The first kappa shape index (κ1) is 33.7. The molecule has 270 valence electrons. The first-order chi connectivity index (χ1) is 26.4. The summed E-state index contributed by atoms with van der Waals surface area (Å²) in [5, 5.41) is 39.1. The fraction of sp³-hybridized carbons (Fsp3) is 0.162. The molecule has 0 fully saturated rings. The van der Waals surface area contributed by atoms with Crippen LogP contribution in [0.2, 0.25) is 0 Å². The third-order valence-corrected chi connectivity index (χ3v) is 8.14. The van der Waals surface area contributed by atoms with E-state index in [1.54, 1.807) is 6.20 Å². The molecule has 0 saturated carbocycles. The van der Waals surface area contributed by atoms with Crippen molar-refractivity contribution in [2.24, 2.45) is 0 Å². The van der Waals surface area contributed by atoms with Crippen LogP contribution in [0.3, 0.4) is 0 Å². The Kier molecular flexibility index (Phi) is 9.39. The van der Waals surface area contributed by atoms with Crippen LogP contribution in [0.4, 0.5) is 58.4 Å². The van der Waals surface area contributed by atoms with Gasteiger partial charge in [-0.1, -0.05) is 36.4 Å². The molecule has 1 unspecified atom stereocenters. The standard InChI is InChI=1S/C37H37N17/c1-21(2)39-32-45-35(49-36(46-32)43-27-16-17-28-24(19-27)20-38-51-28)42-26-14-12-23(13-15-26)18-22(3)40-33-47-34(41-25-8-5-4-6-9-25)50-37(48-33)44-29-10-7-11-30-31(29)53-54-52-30/h4-17,19-22H,18H2,1-3H3,(H,38,51)(H,52,53,54)(H3,39,42,43,45,46,49)(H3,40,41,44,47,48,50). The third-order valence-electron chi connectivity index (χ3n) is 8.14. The van der Waals surface area contributed by atoms with Crippen molar-refractivity contribution in [2.75, 3.05) is 31.9 Å². The maximum absolute atomic E-state index is 4.69. The molecule has 0 aliphatic heterocycles. The van der Waals surface area contributed by atoms with Crippen molar-refractivity contribution < 1.29 is 0 Å². The highest BCUT2D eigenvalue weighted by Gasteiger charge is 2.14. The van der Waals surface area contributed by atoms with Gasteiger partial charge in [-0.2, -0.15) is 50.4 Å². The summed E-state index contributed by atoms with van der Waals surface area (Å²) in [6.07, 6.45) is 2.48. The van der Waals surface area contributed by atoms with Crippen molar-refractivity contribution >= 4 is 80.4 Å². The molecule has 4 heterocycles. The summed E-state index contributed by atoms with van der Waals surface area (Å²) >= 11 is 0. The van der Waals surface area contributed by atoms with Crippen LogP contribution in [-0.4, -0.2) is 67.6 Å². The van der Waals surface area contributed by atoms with Crippen molar-refractivity contribution in [2.45, 2.75) is 39.3 Å². The molecule has 0 spiro atoms. The number of para-hydroxylation sites is 2. The van der Waals surface area contributed by atoms with Gasteiger partial charge < -0.3 is 31.9 Å². The lowest BCUT2D eigenvalue weighted by Crippen LogP contribution is -2.21. The van der Waals surface area contributed by atoms with Crippen LogP contribution < -0.4 is 31.9 Å². The van der Waals surface area contributed by atoms with E-state index in [2.05, 4.69) is 106 Å². The highest BCUT2D eigenvalue weighted by molar-refractivity contribution is 5.88. The number of H-pyrrole nitrogens is 2. The van der Waals surface area contributed by atoms with Crippen molar-refractivity contribution in [1.82, 2.24) is 55.5 Å². The van der Waals surface area contributed by atoms with E-state index in [0.717, 1.165) is 44.7 Å². The molecule has 1 atom stereocenters. The molecule has 17 heteroatoms. The van der Waals surface area contributed by atoms with Gasteiger partial charge in [0.25, 0.3) is 0 Å².